The Morgan fingerprint density at radius 3 is 2.47 bits per heavy atom. The highest BCUT2D eigenvalue weighted by Gasteiger charge is 2.17. The minimum Gasteiger partial charge on any atom is -0.202 e. The second-order valence-corrected chi connectivity index (χ2v) is 7.74. The number of hydrogen-bond donors (Lipinski definition) is 1. The van der Waals surface area contributed by atoms with Crippen molar-refractivity contribution in [2.75, 3.05) is 19.6 Å². The van der Waals surface area contributed by atoms with E-state index >= 15 is 0 Å². The Morgan fingerprint density at radius 2 is 2.00 bits per heavy atom. The zero-order valence-electron chi connectivity index (χ0n) is 9.94. The summed E-state index contributed by atoms with van der Waals surface area (Å²) >= 11 is 5.01. The van der Waals surface area contributed by atoms with Crippen LogP contribution in [-0.4, -0.2) is 32.4 Å². The molecule has 0 aliphatic carbocycles. The maximum Gasteiger partial charge on any atom is 0.279 e. The molecule has 0 radical (unpaired) electrons. The van der Waals surface area contributed by atoms with E-state index in [9.17, 15) is 8.42 Å². The van der Waals surface area contributed by atoms with Gasteiger partial charge in [0.1, 0.15) is 0 Å². The summed E-state index contributed by atoms with van der Waals surface area (Å²) < 4.78 is 28.7. The third kappa shape index (κ3) is 4.67. The van der Waals surface area contributed by atoms with Crippen molar-refractivity contribution in [2.45, 2.75) is 20.3 Å². The molecule has 1 heterocycles. The van der Waals surface area contributed by atoms with Gasteiger partial charge in [-0.1, -0.05) is 13.8 Å². The van der Waals surface area contributed by atoms with Crippen molar-refractivity contribution in [1.29, 1.82) is 0 Å². The molecule has 0 atom stereocenters. The number of halogens is 1. The summed E-state index contributed by atoms with van der Waals surface area (Å²) in [5, 5.41) is 0. The Morgan fingerprint density at radius 1 is 1.35 bits per heavy atom. The molecule has 0 aromatic carbocycles. The van der Waals surface area contributed by atoms with Crippen LogP contribution < -0.4 is 4.72 Å². The summed E-state index contributed by atoms with van der Waals surface area (Å²) in [5.41, 5.74) is 0. The molecule has 98 valence electrons. The highest BCUT2D eigenvalue weighted by molar-refractivity contribution is 9.11. The second-order valence-electron chi connectivity index (χ2n) is 3.44. The minimum absolute atomic E-state index is 0.436. The summed E-state index contributed by atoms with van der Waals surface area (Å²) in [7, 11) is -3.31. The van der Waals surface area contributed by atoms with E-state index < -0.39 is 10.2 Å². The molecule has 0 aliphatic rings. The van der Waals surface area contributed by atoms with Crippen molar-refractivity contribution in [3.63, 3.8) is 0 Å². The Labute approximate surface area is 115 Å². The molecule has 1 aromatic heterocycles. The van der Waals surface area contributed by atoms with Gasteiger partial charge in [0.2, 0.25) is 0 Å². The molecule has 0 saturated carbocycles. The van der Waals surface area contributed by atoms with Gasteiger partial charge in [0, 0.05) is 24.5 Å². The molecule has 0 bridgehead atoms. The lowest BCUT2D eigenvalue weighted by Crippen LogP contribution is -2.41. The standard InChI is InChI=1S/C10H17BrN2O2S2/c1-3-13(4-2)17(14,15)12-8-7-9-5-6-10(11)16-9/h5-6,12H,3-4,7-8H2,1-2H3. The van der Waals surface area contributed by atoms with Crippen molar-refractivity contribution < 1.29 is 8.42 Å². The first-order chi connectivity index (χ1) is 7.99. The van der Waals surface area contributed by atoms with Crippen molar-refractivity contribution in [1.82, 2.24) is 9.03 Å². The molecule has 0 fully saturated rings. The van der Waals surface area contributed by atoms with E-state index in [2.05, 4.69) is 20.7 Å². The van der Waals surface area contributed by atoms with Crippen molar-refractivity contribution in [3.8, 4) is 0 Å². The lowest BCUT2D eigenvalue weighted by atomic mass is 10.3. The molecule has 0 spiro atoms. The first-order valence-corrected chi connectivity index (χ1v) is 8.53. The molecular weight excluding hydrogens is 324 g/mol. The summed E-state index contributed by atoms with van der Waals surface area (Å²) in [6.07, 6.45) is 0.719. The summed E-state index contributed by atoms with van der Waals surface area (Å²) in [6.45, 7) is 5.09. The van der Waals surface area contributed by atoms with Gasteiger partial charge in [0.05, 0.1) is 3.79 Å². The molecule has 1 aromatic rings. The normalized spacial score (nSPS) is 12.2. The summed E-state index contributed by atoms with van der Waals surface area (Å²) in [5.74, 6) is 0. The van der Waals surface area contributed by atoms with Crippen LogP contribution in [0.2, 0.25) is 0 Å². The number of hydrogen-bond acceptors (Lipinski definition) is 3. The predicted octanol–water partition coefficient (Wildman–Crippen LogP) is 2.23. The highest BCUT2D eigenvalue weighted by atomic mass is 79.9. The molecule has 1 N–H and O–H groups in total. The van der Waals surface area contributed by atoms with Crippen molar-refractivity contribution in [3.05, 3.63) is 20.8 Å². The summed E-state index contributed by atoms with van der Waals surface area (Å²) in [6, 6.07) is 3.97. The van der Waals surface area contributed by atoms with Gasteiger partial charge in [-0.3, -0.25) is 0 Å². The van der Waals surface area contributed by atoms with Gasteiger partial charge in [-0.15, -0.1) is 11.3 Å². The van der Waals surface area contributed by atoms with E-state index in [1.165, 1.54) is 9.18 Å². The first-order valence-electron chi connectivity index (χ1n) is 5.48. The van der Waals surface area contributed by atoms with Crippen molar-refractivity contribution >= 4 is 37.5 Å². The molecule has 4 nitrogen and oxygen atoms in total. The van der Waals surface area contributed by atoms with E-state index in [0.717, 1.165) is 10.2 Å². The van der Waals surface area contributed by atoms with Crippen LogP contribution in [0.4, 0.5) is 0 Å². The number of thiophene rings is 1. The van der Waals surface area contributed by atoms with Crippen LogP contribution in [0.1, 0.15) is 18.7 Å². The highest BCUT2D eigenvalue weighted by Crippen LogP contribution is 2.22. The molecule has 0 aliphatic heterocycles. The van der Waals surface area contributed by atoms with Gasteiger partial charge in [-0.25, -0.2) is 4.72 Å². The van der Waals surface area contributed by atoms with Crippen LogP contribution in [0.25, 0.3) is 0 Å². The van der Waals surface area contributed by atoms with Gasteiger partial charge in [0.25, 0.3) is 10.2 Å². The minimum atomic E-state index is -3.31. The fourth-order valence-corrected chi connectivity index (χ4v) is 4.15. The summed E-state index contributed by atoms with van der Waals surface area (Å²) in [4.78, 5) is 1.17. The van der Waals surface area contributed by atoms with E-state index in [1.54, 1.807) is 11.3 Å². The zero-order chi connectivity index (χ0) is 12.9. The number of nitrogens with one attached hydrogen (secondary N) is 1. The fraction of sp³-hybridized carbons (Fsp3) is 0.600. The SMILES string of the molecule is CCN(CC)S(=O)(=O)NCCc1ccc(Br)s1. The molecule has 0 amide bonds. The van der Waals surface area contributed by atoms with Gasteiger partial charge >= 0.3 is 0 Å². The van der Waals surface area contributed by atoms with Crippen LogP contribution in [-0.2, 0) is 16.6 Å². The van der Waals surface area contributed by atoms with Gasteiger partial charge in [0.15, 0.2) is 0 Å². The molecule has 17 heavy (non-hydrogen) atoms. The zero-order valence-corrected chi connectivity index (χ0v) is 13.2. The Hall–Kier alpha value is 0.0500. The molecule has 0 saturated heterocycles. The maximum atomic E-state index is 11.8. The Balaban J connectivity index is 2.45. The Bertz CT molecular complexity index is 441. The predicted molar refractivity (Wildman–Crippen MR) is 75.6 cm³/mol. The number of rotatable bonds is 7. The first kappa shape index (κ1) is 15.1. The maximum absolute atomic E-state index is 11.8. The van der Waals surface area contributed by atoms with Crippen LogP contribution in [0.5, 0.6) is 0 Å². The van der Waals surface area contributed by atoms with Gasteiger partial charge in [-0.05, 0) is 34.5 Å². The number of nitrogens with zero attached hydrogens (tertiary/aromatic N) is 1. The molecule has 0 unspecified atom stereocenters. The van der Waals surface area contributed by atoms with Gasteiger partial charge < -0.3 is 0 Å². The van der Waals surface area contributed by atoms with Gasteiger partial charge in [-0.2, -0.15) is 12.7 Å². The topological polar surface area (TPSA) is 49.4 Å². The quantitative estimate of drug-likeness (QED) is 0.827. The average molecular weight is 341 g/mol. The molecule has 1 rings (SSSR count). The molecular formula is C10H17BrN2O2S2. The van der Waals surface area contributed by atoms with Crippen molar-refractivity contribution in [2.24, 2.45) is 0 Å². The smallest absolute Gasteiger partial charge is 0.202 e. The van der Waals surface area contributed by atoms with E-state index in [0.29, 0.717) is 19.6 Å². The Kier molecular flexibility index (Phi) is 6.08. The third-order valence-electron chi connectivity index (χ3n) is 2.33. The van der Waals surface area contributed by atoms with E-state index in [-0.39, 0.29) is 0 Å². The van der Waals surface area contributed by atoms with Crippen LogP contribution >= 0.6 is 27.3 Å². The van der Waals surface area contributed by atoms with Crippen LogP contribution in [0.15, 0.2) is 15.9 Å². The monoisotopic (exact) mass is 340 g/mol. The van der Waals surface area contributed by atoms with Crippen LogP contribution in [0, 0.1) is 0 Å². The van der Waals surface area contributed by atoms with E-state index in [1.807, 2.05) is 26.0 Å². The lowest BCUT2D eigenvalue weighted by molar-refractivity contribution is 0.435. The lowest BCUT2D eigenvalue weighted by Gasteiger charge is -2.18. The largest absolute Gasteiger partial charge is 0.279 e. The fourth-order valence-electron chi connectivity index (χ4n) is 1.44. The average Bonchev–Trinajstić information content (AvgIpc) is 2.65. The molecule has 7 heteroatoms. The van der Waals surface area contributed by atoms with Crippen LogP contribution in [0.3, 0.4) is 0 Å². The third-order valence-corrected chi connectivity index (χ3v) is 5.78. The second kappa shape index (κ2) is 6.84. The van der Waals surface area contributed by atoms with E-state index in [4.69, 9.17) is 0 Å².